The van der Waals surface area contributed by atoms with Gasteiger partial charge in [0, 0.05) is 36.3 Å². The van der Waals surface area contributed by atoms with Crippen LogP contribution in [0.2, 0.25) is 0 Å². The lowest BCUT2D eigenvalue weighted by molar-refractivity contribution is 0.176. The number of benzene rings is 1. The van der Waals surface area contributed by atoms with E-state index in [1.54, 1.807) is 0 Å². The average molecular weight is 259 g/mol. The summed E-state index contributed by atoms with van der Waals surface area (Å²) in [5, 5.41) is 3.06. The van der Waals surface area contributed by atoms with Crippen LogP contribution in [-0.4, -0.2) is 19.8 Å². The molecule has 1 fully saturated rings. The van der Waals surface area contributed by atoms with Crippen LogP contribution >= 0.6 is 0 Å². The van der Waals surface area contributed by atoms with Gasteiger partial charge in [0.1, 0.15) is 17.5 Å². The lowest BCUT2D eigenvalue weighted by Crippen LogP contribution is -2.30. The molecule has 1 N–H and O–H groups in total. The lowest BCUT2D eigenvalue weighted by atomic mass is 9.91. The van der Waals surface area contributed by atoms with Gasteiger partial charge < -0.3 is 10.1 Å². The van der Waals surface area contributed by atoms with Gasteiger partial charge in [0.05, 0.1) is 6.61 Å². The summed E-state index contributed by atoms with van der Waals surface area (Å²) in [6, 6.07) is 0.968. The zero-order valence-electron chi connectivity index (χ0n) is 10.2. The van der Waals surface area contributed by atoms with Gasteiger partial charge in [0.2, 0.25) is 0 Å². The van der Waals surface area contributed by atoms with Crippen molar-refractivity contribution in [1.29, 1.82) is 0 Å². The standard InChI is InChI=1S/C13H16F3NO/c1-2-17-13(8-3-4-18-7-8)12-10(15)5-9(14)6-11(12)16/h5-6,8,13,17H,2-4,7H2,1H3. The molecule has 2 rings (SSSR count). The Labute approximate surface area is 104 Å². The smallest absolute Gasteiger partial charge is 0.133 e. The molecule has 2 unspecified atom stereocenters. The van der Waals surface area contributed by atoms with Crippen molar-refractivity contribution in [2.24, 2.45) is 5.92 Å². The van der Waals surface area contributed by atoms with Crippen LogP contribution in [0.3, 0.4) is 0 Å². The van der Waals surface area contributed by atoms with Crippen molar-refractivity contribution in [1.82, 2.24) is 5.32 Å². The Hall–Kier alpha value is -1.07. The molecule has 18 heavy (non-hydrogen) atoms. The van der Waals surface area contributed by atoms with E-state index in [-0.39, 0.29) is 11.5 Å². The van der Waals surface area contributed by atoms with E-state index in [1.165, 1.54) is 0 Å². The Kier molecular flexibility index (Phi) is 4.24. The Morgan fingerprint density at radius 2 is 2.00 bits per heavy atom. The second kappa shape index (κ2) is 5.71. The highest BCUT2D eigenvalue weighted by molar-refractivity contribution is 5.25. The van der Waals surface area contributed by atoms with Gasteiger partial charge in [-0.3, -0.25) is 0 Å². The quantitative estimate of drug-likeness (QED) is 0.897. The summed E-state index contributed by atoms with van der Waals surface area (Å²) in [7, 11) is 0. The molecule has 2 nitrogen and oxygen atoms in total. The number of ether oxygens (including phenoxy) is 1. The molecular formula is C13H16F3NO. The van der Waals surface area contributed by atoms with Crippen molar-refractivity contribution < 1.29 is 17.9 Å². The molecule has 0 radical (unpaired) electrons. The van der Waals surface area contributed by atoms with Gasteiger partial charge in [0.25, 0.3) is 0 Å². The first-order chi connectivity index (χ1) is 8.63. The minimum absolute atomic E-state index is 0.0133. The van der Waals surface area contributed by atoms with E-state index in [1.807, 2.05) is 6.92 Å². The third-order valence-electron chi connectivity index (χ3n) is 3.22. The second-order valence-electron chi connectivity index (χ2n) is 4.44. The van der Waals surface area contributed by atoms with Crippen LogP contribution in [0.25, 0.3) is 0 Å². The van der Waals surface area contributed by atoms with Gasteiger partial charge >= 0.3 is 0 Å². The third-order valence-corrected chi connectivity index (χ3v) is 3.22. The van der Waals surface area contributed by atoms with Crippen LogP contribution in [-0.2, 0) is 4.74 Å². The minimum Gasteiger partial charge on any atom is -0.381 e. The van der Waals surface area contributed by atoms with Gasteiger partial charge in [0.15, 0.2) is 0 Å². The van der Waals surface area contributed by atoms with Crippen LogP contribution in [0.1, 0.15) is 24.9 Å². The summed E-state index contributed by atoms with van der Waals surface area (Å²) < 4.78 is 45.7. The first kappa shape index (κ1) is 13.4. The molecule has 1 aliphatic heterocycles. The molecule has 1 aromatic carbocycles. The number of hydrogen-bond acceptors (Lipinski definition) is 2. The van der Waals surface area contributed by atoms with Crippen LogP contribution < -0.4 is 5.32 Å². The fourth-order valence-corrected chi connectivity index (χ4v) is 2.39. The normalized spacial score (nSPS) is 21.2. The number of hydrogen-bond donors (Lipinski definition) is 1. The maximum absolute atomic E-state index is 13.8. The van der Waals surface area contributed by atoms with Gasteiger partial charge in [-0.15, -0.1) is 0 Å². The summed E-state index contributed by atoms with van der Waals surface area (Å²) in [6.45, 7) is 3.50. The van der Waals surface area contributed by atoms with E-state index in [9.17, 15) is 13.2 Å². The Bertz CT molecular complexity index is 396. The van der Waals surface area contributed by atoms with Crippen LogP contribution in [0, 0.1) is 23.4 Å². The first-order valence-electron chi connectivity index (χ1n) is 6.09. The Morgan fingerprint density at radius 3 is 2.50 bits per heavy atom. The summed E-state index contributed by atoms with van der Waals surface area (Å²) in [4.78, 5) is 0. The summed E-state index contributed by atoms with van der Waals surface area (Å²) in [5.41, 5.74) is -0.0891. The van der Waals surface area contributed by atoms with E-state index in [2.05, 4.69) is 5.32 Å². The van der Waals surface area contributed by atoms with Crippen LogP contribution in [0.4, 0.5) is 13.2 Å². The molecule has 0 bridgehead atoms. The van der Waals surface area contributed by atoms with Crippen molar-refractivity contribution in [3.63, 3.8) is 0 Å². The van der Waals surface area contributed by atoms with Crippen molar-refractivity contribution in [2.75, 3.05) is 19.8 Å². The van der Waals surface area contributed by atoms with Crippen LogP contribution in [0.5, 0.6) is 0 Å². The molecule has 1 heterocycles. The zero-order chi connectivity index (χ0) is 13.1. The average Bonchev–Trinajstić information content (AvgIpc) is 2.79. The van der Waals surface area contributed by atoms with E-state index < -0.39 is 23.5 Å². The molecule has 1 aromatic rings. The summed E-state index contributed by atoms with van der Waals surface area (Å²) in [6.07, 6.45) is 0.744. The van der Waals surface area contributed by atoms with E-state index in [0.717, 1.165) is 18.6 Å². The molecule has 5 heteroatoms. The van der Waals surface area contributed by atoms with E-state index in [0.29, 0.717) is 19.8 Å². The molecular weight excluding hydrogens is 243 g/mol. The highest BCUT2D eigenvalue weighted by Crippen LogP contribution is 2.32. The van der Waals surface area contributed by atoms with Gasteiger partial charge in [-0.1, -0.05) is 6.92 Å². The van der Waals surface area contributed by atoms with Crippen molar-refractivity contribution in [3.8, 4) is 0 Å². The first-order valence-corrected chi connectivity index (χ1v) is 6.09. The molecule has 0 saturated carbocycles. The van der Waals surface area contributed by atoms with Gasteiger partial charge in [-0.25, -0.2) is 13.2 Å². The molecule has 1 aliphatic rings. The molecule has 0 spiro atoms. The molecule has 0 amide bonds. The highest BCUT2D eigenvalue weighted by atomic mass is 19.1. The predicted octanol–water partition coefficient (Wildman–Crippen LogP) is 2.79. The monoisotopic (exact) mass is 259 g/mol. The van der Waals surface area contributed by atoms with Crippen molar-refractivity contribution in [2.45, 2.75) is 19.4 Å². The maximum Gasteiger partial charge on any atom is 0.133 e. The van der Waals surface area contributed by atoms with Gasteiger partial charge in [-0.05, 0) is 13.0 Å². The molecule has 100 valence electrons. The minimum atomic E-state index is -0.897. The predicted molar refractivity (Wildman–Crippen MR) is 61.7 cm³/mol. The molecule has 2 atom stereocenters. The van der Waals surface area contributed by atoms with Gasteiger partial charge in [-0.2, -0.15) is 0 Å². The van der Waals surface area contributed by atoms with Crippen LogP contribution in [0.15, 0.2) is 12.1 Å². The lowest BCUT2D eigenvalue weighted by Gasteiger charge is -2.24. The maximum atomic E-state index is 13.8. The second-order valence-corrected chi connectivity index (χ2v) is 4.44. The number of rotatable bonds is 4. The molecule has 0 aromatic heterocycles. The molecule has 1 saturated heterocycles. The fourth-order valence-electron chi connectivity index (χ4n) is 2.39. The van der Waals surface area contributed by atoms with Crippen molar-refractivity contribution in [3.05, 3.63) is 35.1 Å². The Balaban J connectivity index is 2.35. The summed E-state index contributed by atoms with van der Waals surface area (Å²) >= 11 is 0. The zero-order valence-corrected chi connectivity index (χ0v) is 10.2. The summed E-state index contributed by atoms with van der Waals surface area (Å²) in [5.74, 6) is -2.57. The Morgan fingerprint density at radius 1 is 1.33 bits per heavy atom. The number of nitrogens with one attached hydrogen (secondary N) is 1. The molecule has 0 aliphatic carbocycles. The van der Waals surface area contributed by atoms with E-state index in [4.69, 9.17) is 4.74 Å². The van der Waals surface area contributed by atoms with Crippen molar-refractivity contribution >= 4 is 0 Å². The fraction of sp³-hybridized carbons (Fsp3) is 0.538. The SMILES string of the molecule is CCNC(c1c(F)cc(F)cc1F)C1CCOC1. The van der Waals surface area contributed by atoms with E-state index >= 15 is 0 Å². The topological polar surface area (TPSA) is 21.3 Å². The third kappa shape index (κ3) is 2.67. The highest BCUT2D eigenvalue weighted by Gasteiger charge is 2.30. The largest absolute Gasteiger partial charge is 0.381 e. The number of halogens is 3.